The number of fused-ring (bicyclic) bond motifs is 1. The number of ether oxygens (including phenoxy) is 1. The minimum Gasteiger partial charge on any atom is -0.495 e. The summed E-state index contributed by atoms with van der Waals surface area (Å²) in [6, 6.07) is 11.5. The van der Waals surface area contributed by atoms with E-state index in [9.17, 15) is 14.4 Å². The molecule has 0 spiro atoms. The molecule has 1 N–H and O–H groups in total. The normalized spacial score (nSPS) is 13.0. The Bertz CT molecular complexity index is 866. The van der Waals surface area contributed by atoms with Crippen LogP contribution in [0.1, 0.15) is 27.1 Å². The lowest BCUT2D eigenvalue weighted by Gasteiger charge is -2.14. The van der Waals surface area contributed by atoms with E-state index in [0.29, 0.717) is 22.0 Å². The quantitative estimate of drug-likeness (QED) is 0.834. The van der Waals surface area contributed by atoms with Crippen LogP contribution in [0.3, 0.4) is 0 Å². The van der Waals surface area contributed by atoms with Gasteiger partial charge in [-0.25, -0.2) is 0 Å². The molecule has 0 atom stereocenters. The topological polar surface area (TPSA) is 75.7 Å². The zero-order valence-corrected chi connectivity index (χ0v) is 14.2. The summed E-state index contributed by atoms with van der Waals surface area (Å²) in [4.78, 5) is 37.8. The smallest absolute Gasteiger partial charge is 0.261 e. The van der Waals surface area contributed by atoms with Gasteiger partial charge in [0.25, 0.3) is 11.8 Å². The third-order valence-corrected chi connectivity index (χ3v) is 4.11. The Labute approximate surface area is 149 Å². The first-order valence-corrected chi connectivity index (χ1v) is 7.97. The highest BCUT2D eigenvalue weighted by Crippen LogP contribution is 2.26. The number of nitrogens with one attached hydrogen (secondary N) is 1. The van der Waals surface area contributed by atoms with E-state index in [0.717, 1.165) is 4.90 Å². The summed E-state index contributed by atoms with van der Waals surface area (Å²) in [7, 11) is 1.51. The predicted octanol–water partition coefficient (Wildman–Crippen LogP) is 2.97. The Hall–Kier alpha value is -2.86. The number of hydrogen-bond acceptors (Lipinski definition) is 4. The van der Waals surface area contributed by atoms with Crippen molar-refractivity contribution in [2.24, 2.45) is 0 Å². The molecule has 0 saturated carbocycles. The van der Waals surface area contributed by atoms with E-state index in [1.54, 1.807) is 30.3 Å². The van der Waals surface area contributed by atoms with Gasteiger partial charge in [-0.15, -0.1) is 0 Å². The zero-order valence-electron chi connectivity index (χ0n) is 13.4. The van der Waals surface area contributed by atoms with Gasteiger partial charge in [-0.1, -0.05) is 23.7 Å². The summed E-state index contributed by atoms with van der Waals surface area (Å²) in [6.07, 6.45) is -0.0166. The fraction of sp³-hybridized carbons (Fsp3) is 0.167. The van der Waals surface area contributed by atoms with Gasteiger partial charge in [-0.3, -0.25) is 19.3 Å². The Balaban J connectivity index is 1.65. The zero-order chi connectivity index (χ0) is 18.0. The Morgan fingerprint density at radius 1 is 1.12 bits per heavy atom. The molecule has 0 bridgehead atoms. The van der Waals surface area contributed by atoms with Crippen LogP contribution in [0.2, 0.25) is 5.02 Å². The molecule has 0 radical (unpaired) electrons. The fourth-order valence-electron chi connectivity index (χ4n) is 2.64. The molecule has 0 fully saturated rings. The van der Waals surface area contributed by atoms with Gasteiger partial charge in [-0.05, 0) is 30.3 Å². The van der Waals surface area contributed by atoms with E-state index >= 15 is 0 Å². The number of imide groups is 1. The maximum atomic E-state index is 12.3. The molecule has 2 aromatic rings. The van der Waals surface area contributed by atoms with Crippen LogP contribution in [0.5, 0.6) is 5.75 Å². The van der Waals surface area contributed by atoms with Gasteiger partial charge in [0.1, 0.15) is 5.75 Å². The van der Waals surface area contributed by atoms with Gasteiger partial charge in [0.05, 0.1) is 23.9 Å². The number of hydrogen-bond donors (Lipinski definition) is 1. The van der Waals surface area contributed by atoms with Gasteiger partial charge in [0.2, 0.25) is 5.91 Å². The lowest BCUT2D eigenvalue weighted by Crippen LogP contribution is -2.32. The Morgan fingerprint density at radius 3 is 2.60 bits per heavy atom. The lowest BCUT2D eigenvalue weighted by molar-refractivity contribution is -0.116. The van der Waals surface area contributed by atoms with E-state index in [1.165, 1.54) is 19.2 Å². The highest BCUT2D eigenvalue weighted by Gasteiger charge is 2.35. The van der Waals surface area contributed by atoms with Gasteiger partial charge in [0.15, 0.2) is 0 Å². The van der Waals surface area contributed by atoms with Gasteiger partial charge >= 0.3 is 0 Å². The number of carbonyl (C=O) groups is 3. The number of amides is 3. The number of halogens is 1. The standard InChI is InChI=1S/C18H15ClN2O4/c1-25-15-5-3-2-4-14(15)20-16(22)8-9-21-17(23)12-7-6-11(19)10-13(12)18(21)24/h2-7,10H,8-9H2,1H3,(H,20,22). The molecule has 1 aliphatic heterocycles. The molecular weight excluding hydrogens is 344 g/mol. The van der Waals surface area contributed by atoms with Gasteiger partial charge < -0.3 is 10.1 Å². The maximum Gasteiger partial charge on any atom is 0.261 e. The molecule has 25 heavy (non-hydrogen) atoms. The Morgan fingerprint density at radius 2 is 1.84 bits per heavy atom. The van der Waals surface area contributed by atoms with Crippen molar-refractivity contribution < 1.29 is 19.1 Å². The average molecular weight is 359 g/mol. The van der Waals surface area contributed by atoms with Crippen LogP contribution in [0.15, 0.2) is 42.5 Å². The first kappa shape index (κ1) is 17.0. The monoisotopic (exact) mass is 358 g/mol. The number of anilines is 1. The highest BCUT2D eigenvalue weighted by atomic mass is 35.5. The summed E-state index contributed by atoms with van der Waals surface area (Å²) in [5, 5.41) is 3.10. The number of carbonyl (C=O) groups excluding carboxylic acids is 3. The lowest BCUT2D eigenvalue weighted by atomic mass is 10.1. The summed E-state index contributed by atoms with van der Waals surface area (Å²) in [6.45, 7) is -0.00898. The molecule has 0 unspecified atom stereocenters. The van der Waals surface area contributed by atoms with Crippen molar-refractivity contribution in [1.29, 1.82) is 0 Å². The second-order valence-electron chi connectivity index (χ2n) is 5.45. The van der Waals surface area contributed by atoms with Crippen LogP contribution >= 0.6 is 11.6 Å². The van der Waals surface area contributed by atoms with Crippen molar-refractivity contribution in [3.05, 3.63) is 58.6 Å². The molecule has 0 aromatic heterocycles. The minimum atomic E-state index is -0.437. The summed E-state index contributed by atoms with van der Waals surface area (Å²) >= 11 is 5.87. The number of rotatable bonds is 5. The first-order chi connectivity index (χ1) is 12.0. The average Bonchev–Trinajstić information content (AvgIpc) is 2.84. The van der Waals surface area contributed by atoms with Crippen LogP contribution in [0.4, 0.5) is 5.69 Å². The Kier molecular flexibility index (Phi) is 4.72. The second kappa shape index (κ2) is 6.94. The van der Waals surface area contributed by atoms with Crippen molar-refractivity contribution in [1.82, 2.24) is 4.90 Å². The van der Waals surface area contributed by atoms with Crippen molar-refractivity contribution in [3.63, 3.8) is 0 Å². The van der Waals surface area contributed by atoms with Crippen LogP contribution in [-0.2, 0) is 4.79 Å². The molecule has 0 saturated heterocycles. The highest BCUT2D eigenvalue weighted by molar-refractivity contribution is 6.32. The molecule has 1 heterocycles. The van der Waals surface area contributed by atoms with E-state index < -0.39 is 11.8 Å². The molecule has 1 aliphatic rings. The van der Waals surface area contributed by atoms with Crippen molar-refractivity contribution >= 4 is 35.0 Å². The number of benzene rings is 2. The molecule has 2 aromatic carbocycles. The molecule has 6 nitrogen and oxygen atoms in total. The van der Waals surface area contributed by atoms with Crippen LogP contribution in [-0.4, -0.2) is 36.3 Å². The molecule has 128 valence electrons. The van der Waals surface area contributed by atoms with Gasteiger partial charge in [-0.2, -0.15) is 0 Å². The molecule has 3 amide bonds. The summed E-state index contributed by atoms with van der Waals surface area (Å²) in [5.74, 6) is -0.639. The second-order valence-corrected chi connectivity index (χ2v) is 5.89. The fourth-order valence-corrected chi connectivity index (χ4v) is 2.81. The van der Waals surface area contributed by atoms with E-state index in [4.69, 9.17) is 16.3 Å². The van der Waals surface area contributed by atoms with Crippen LogP contribution in [0.25, 0.3) is 0 Å². The molecular formula is C18H15ClN2O4. The minimum absolute atomic E-state index is 0.00898. The van der Waals surface area contributed by atoms with E-state index in [2.05, 4.69) is 5.32 Å². The van der Waals surface area contributed by atoms with Crippen LogP contribution < -0.4 is 10.1 Å². The van der Waals surface area contributed by atoms with Gasteiger partial charge in [0, 0.05) is 18.0 Å². The first-order valence-electron chi connectivity index (χ1n) is 7.60. The largest absolute Gasteiger partial charge is 0.495 e. The SMILES string of the molecule is COc1ccccc1NC(=O)CCN1C(=O)c2ccc(Cl)cc2C1=O. The third-order valence-electron chi connectivity index (χ3n) is 3.88. The molecule has 0 aliphatic carbocycles. The van der Waals surface area contributed by atoms with E-state index in [1.807, 2.05) is 0 Å². The number of para-hydroxylation sites is 2. The number of methoxy groups -OCH3 is 1. The predicted molar refractivity (Wildman–Crippen MR) is 93.1 cm³/mol. The van der Waals surface area contributed by atoms with Crippen molar-refractivity contribution in [2.75, 3.05) is 19.0 Å². The van der Waals surface area contributed by atoms with Crippen molar-refractivity contribution in [3.8, 4) is 5.75 Å². The number of nitrogens with zero attached hydrogens (tertiary/aromatic N) is 1. The molecule has 7 heteroatoms. The molecule has 3 rings (SSSR count). The summed E-state index contributed by atoms with van der Waals surface area (Å²) in [5.41, 5.74) is 1.10. The van der Waals surface area contributed by atoms with E-state index in [-0.39, 0.29) is 24.4 Å². The maximum absolute atomic E-state index is 12.3. The van der Waals surface area contributed by atoms with Crippen molar-refractivity contribution in [2.45, 2.75) is 6.42 Å². The third kappa shape index (κ3) is 3.34. The summed E-state index contributed by atoms with van der Waals surface area (Å²) < 4.78 is 5.17. The van der Waals surface area contributed by atoms with Crippen LogP contribution in [0, 0.1) is 0 Å².